The van der Waals surface area contributed by atoms with Crippen molar-refractivity contribution in [3.05, 3.63) is 48.6 Å². The minimum absolute atomic E-state index is 0.178. The molecule has 0 bridgehead atoms. The number of carbonyl (C=O) groups is 1. The predicted octanol–water partition coefficient (Wildman–Crippen LogP) is 10.8. The van der Waals surface area contributed by atoms with Gasteiger partial charge in [0.05, 0.1) is 13.2 Å². The molecule has 1 unspecified atom stereocenters. The lowest BCUT2D eigenvalue weighted by atomic mass is 10.1. The van der Waals surface area contributed by atoms with Crippen LogP contribution in [-0.2, 0) is 14.3 Å². The van der Waals surface area contributed by atoms with E-state index in [1.165, 1.54) is 77.0 Å². The summed E-state index contributed by atoms with van der Waals surface area (Å²) in [6.45, 7) is 5.20. The number of unbranched alkanes of at least 4 members (excludes halogenated alkanes) is 15. The molecule has 0 heterocycles. The Morgan fingerprint density at radius 3 is 1.66 bits per heavy atom. The molecule has 0 radical (unpaired) electrons. The van der Waals surface area contributed by atoms with Crippen molar-refractivity contribution in [3.63, 3.8) is 0 Å². The first-order valence-electron chi connectivity index (χ1n) is 17.2. The van der Waals surface area contributed by atoms with E-state index < -0.39 is 6.10 Å². The standard InChI is InChI=1S/C37H66O4/c1-3-5-7-9-11-13-15-16-17-18-19-20-21-22-23-24-26-28-30-32-37(39)41-36(34-38)35-40-33-31-29-27-25-14-12-10-8-6-4-2/h5,7,11,13,16-17,19-20,36,38H,3-4,6,8-10,12,14-15,18,21-35H2,1-2H3/b7-5-,13-11-,17-16-,20-19-. The van der Waals surface area contributed by atoms with Crippen molar-refractivity contribution in [3.8, 4) is 0 Å². The first-order chi connectivity index (χ1) is 20.2. The highest BCUT2D eigenvalue weighted by atomic mass is 16.6. The van der Waals surface area contributed by atoms with Gasteiger partial charge in [0.1, 0.15) is 6.10 Å². The number of ether oxygens (including phenoxy) is 2. The van der Waals surface area contributed by atoms with Gasteiger partial charge in [0.2, 0.25) is 0 Å². The van der Waals surface area contributed by atoms with Crippen LogP contribution in [0.3, 0.4) is 0 Å². The molecule has 0 aromatic heterocycles. The second-order valence-corrected chi connectivity index (χ2v) is 11.2. The third-order valence-electron chi connectivity index (χ3n) is 7.17. The number of carbonyl (C=O) groups excluding carboxylic acids is 1. The topological polar surface area (TPSA) is 55.8 Å². The summed E-state index contributed by atoms with van der Waals surface area (Å²) in [5.74, 6) is -0.217. The summed E-state index contributed by atoms with van der Waals surface area (Å²) in [4.78, 5) is 12.1. The van der Waals surface area contributed by atoms with Crippen molar-refractivity contribution in [2.24, 2.45) is 0 Å². The van der Waals surface area contributed by atoms with Gasteiger partial charge in [-0.1, -0.05) is 146 Å². The normalized spacial score (nSPS) is 13.0. The van der Waals surface area contributed by atoms with Crippen LogP contribution in [0.2, 0.25) is 0 Å². The molecule has 0 rings (SSSR count). The molecule has 0 aliphatic rings. The van der Waals surface area contributed by atoms with Crippen molar-refractivity contribution >= 4 is 5.97 Å². The Labute approximate surface area is 254 Å². The average Bonchev–Trinajstić information content (AvgIpc) is 2.98. The molecule has 238 valence electrons. The summed E-state index contributed by atoms with van der Waals surface area (Å²) in [6, 6.07) is 0. The highest BCUT2D eigenvalue weighted by Gasteiger charge is 2.13. The summed E-state index contributed by atoms with van der Waals surface area (Å²) in [5.41, 5.74) is 0. The van der Waals surface area contributed by atoms with Gasteiger partial charge in [-0.3, -0.25) is 4.79 Å². The zero-order chi connectivity index (χ0) is 29.9. The molecule has 0 saturated heterocycles. The molecule has 0 amide bonds. The van der Waals surface area contributed by atoms with Gasteiger partial charge in [-0.2, -0.15) is 0 Å². The fourth-order valence-electron chi connectivity index (χ4n) is 4.61. The number of allylic oxidation sites excluding steroid dienone is 8. The number of aliphatic hydroxyl groups excluding tert-OH is 1. The molecule has 0 aliphatic carbocycles. The SMILES string of the molecule is CC/C=C\C/C=C\C/C=C\C/C=C\CCCCCCCCC(=O)OC(CO)COCCCCCCCCCCCC. The highest BCUT2D eigenvalue weighted by molar-refractivity contribution is 5.69. The average molecular weight is 575 g/mol. The second kappa shape index (κ2) is 34.6. The molecule has 1 N–H and O–H groups in total. The Kier molecular flexibility index (Phi) is 33.2. The van der Waals surface area contributed by atoms with Crippen LogP contribution < -0.4 is 0 Å². The van der Waals surface area contributed by atoms with E-state index in [4.69, 9.17) is 9.47 Å². The fourth-order valence-corrected chi connectivity index (χ4v) is 4.61. The van der Waals surface area contributed by atoms with Crippen LogP contribution in [0.4, 0.5) is 0 Å². The van der Waals surface area contributed by atoms with Crippen LogP contribution in [0, 0.1) is 0 Å². The van der Waals surface area contributed by atoms with Crippen molar-refractivity contribution in [1.82, 2.24) is 0 Å². The maximum atomic E-state index is 12.1. The Hall–Kier alpha value is -1.65. The molecule has 0 aliphatic heterocycles. The van der Waals surface area contributed by atoms with Gasteiger partial charge in [0, 0.05) is 13.0 Å². The van der Waals surface area contributed by atoms with E-state index in [-0.39, 0.29) is 12.6 Å². The predicted molar refractivity (Wildman–Crippen MR) is 177 cm³/mol. The van der Waals surface area contributed by atoms with E-state index >= 15 is 0 Å². The third-order valence-corrected chi connectivity index (χ3v) is 7.17. The first kappa shape index (κ1) is 39.4. The second-order valence-electron chi connectivity index (χ2n) is 11.2. The Morgan fingerprint density at radius 2 is 1.10 bits per heavy atom. The summed E-state index contributed by atoms with van der Waals surface area (Å²) >= 11 is 0. The molecular weight excluding hydrogens is 508 g/mol. The number of rotatable bonds is 31. The Morgan fingerprint density at radius 1 is 0.610 bits per heavy atom. The minimum Gasteiger partial charge on any atom is -0.457 e. The smallest absolute Gasteiger partial charge is 0.306 e. The minimum atomic E-state index is -0.538. The van der Waals surface area contributed by atoms with Gasteiger partial charge in [-0.15, -0.1) is 0 Å². The zero-order valence-electron chi connectivity index (χ0n) is 27.0. The molecule has 0 aromatic carbocycles. The molecular formula is C37H66O4. The molecule has 0 fully saturated rings. The molecule has 41 heavy (non-hydrogen) atoms. The van der Waals surface area contributed by atoms with Crippen molar-refractivity contribution in [1.29, 1.82) is 0 Å². The molecule has 1 atom stereocenters. The highest BCUT2D eigenvalue weighted by Crippen LogP contribution is 2.12. The van der Waals surface area contributed by atoms with Gasteiger partial charge >= 0.3 is 5.97 Å². The first-order valence-corrected chi connectivity index (χ1v) is 17.2. The number of hydrogen-bond acceptors (Lipinski definition) is 4. The number of esters is 1. The summed E-state index contributed by atoms with van der Waals surface area (Å²) in [5, 5.41) is 9.52. The Balaban J connectivity index is 3.51. The van der Waals surface area contributed by atoms with Crippen LogP contribution in [0.15, 0.2) is 48.6 Å². The Bertz CT molecular complexity index is 649. The van der Waals surface area contributed by atoms with Crippen LogP contribution in [0.25, 0.3) is 0 Å². The van der Waals surface area contributed by atoms with Crippen molar-refractivity contribution in [2.75, 3.05) is 19.8 Å². The monoisotopic (exact) mass is 574 g/mol. The van der Waals surface area contributed by atoms with E-state index in [0.717, 1.165) is 57.8 Å². The zero-order valence-corrected chi connectivity index (χ0v) is 27.0. The molecule has 0 aromatic rings. The van der Waals surface area contributed by atoms with Crippen LogP contribution in [0.1, 0.15) is 155 Å². The lowest BCUT2D eigenvalue weighted by molar-refractivity contribution is -0.154. The maximum absolute atomic E-state index is 12.1. The van der Waals surface area contributed by atoms with E-state index in [0.29, 0.717) is 19.6 Å². The summed E-state index contributed by atoms with van der Waals surface area (Å²) in [6.07, 6.45) is 42.8. The number of aliphatic hydroxyl groups is 1. The van der Waals surface area contributed by atoms with Crippen molar-refractivity contribution in [2.45, 2.75) is 161 Å². The molecule has 4 heteroatoms. The molecule has 0 spiro atoms. The van der Waals surface area contributed by atoms with E-state index in [1.807, 2.05) is 0 Å². The number of hydrogen-bond donors (Lipinski definition) is 1. The lowest BCUT2D eigenvalue weighted by Crippen LogP contribution is -2.27. The lowest BCUT2D eigenvalue weighted by Gasteiger charge is -2.15. The van der Waals surface area contributed by atoms with Gasteiger partial charge in [-0.05, 0) is 51.4 Å². The van der Waals surface area contributed by atoms with E-state index in [1.54, 1.807) is 0 Å². The quantitative estimate of drug-likeness (QED) is 0.0508. The van der Waals surface area contributed by atoms with Crippen LogP contribution >= 0.6 is 0 Å². The van der Waals surface area contributed by atoms with Gasteiger partial charge in [0.15, 0.2) is 0 Å². The van der Waals surface area contributed by atoms with Crippen LogP contribution in [-0.4, -0.2) is 37.0 Å². The molecule has 4 nitrogen and oxygen atoms in total. The fraction of sp³-hybridized carbons (Fsp3) is 0.757. The van der Waals surface area contributed by atoms with Gasteiger partial charge in [-0.25, -0.2) is 0 Å². The van der Waals surface area contributed by atoms with Gasteiger partial charge < -0.3 is 14.6 Å². The van der Waals surface area contributed by atoms with Crippen molar-refractivity contribution < 1.29 is 19.4 Å². The van der Waals surface area contributed by atoms with E-state index in [9.17, 15) is 9.90 Å². The largest absolute Gasteiger partial charge is 0.457 e. The van der Waals surface area contributed by atoms with Crippen LogP contribution in [0.5, 0.6) is 0 Å². The third kappa shape index (κ3) is 32.7. The summed E-state index contributed by atoms with van der Waals surface area (Å²) in [7, 11) is 0. The van der Waals surface area contributed by atoms with E-state index in [2.05, 4.69) is 62.5 Å². The maximum Gasteiger partial charge on any atom is 0.306 e. The summed E-state index contributed by atoms with van der Waals surface area (Å²) < 4.78 is 11.1. The van der Waals surface area contributed by atoms with Gasteiger partial charge in [0.25, 0.3) is 0 Å². The molecule has 0 saturated carbocycles.